The maximum Gasteiger partial charge on any atom is 0.293 e. The van der Waals surface area contributed by atoms with Gasteiger partial charge in [-0.2, -0.15) is 0 Å². The van der Waals surface area contributed by atoms with Crippen LogP contribution in [0.15, 0.2) is 6.33 Å². The third kappa shape index (κ3) is 2.83. The lowest BCUT2D eigenvalue weighted by molar-refractivity contribution is -0.128. The molecule has 3 rings (SSSR count). The summed E-state index contributed by atoms with van der Waals surface area (Å²) in [4.78, 5) is 30.3. The molecular weight excluding hydrogens is 286 g/mol. The zero-order valence-electron chi connectivity index (χ0n) is 13.0. The number of nitrogens with zero attached hydrogens (tertiary/aromatic N) is 4. The molecule has 0 radical (unpaired) electrons. The summed E-state index contributed by atoms with van der Waals surface area (Å²) in [5.74, 6) is -0.203. The number of hydrogen-bond acceptors (Lipinski definition) is 5. The average molecular weight is 307 g/mol. The predicted octanol–water partition coefficient (Wildman–Crippen LogP) is -0.431. The van der Waals surface area contributed by atoms with Crippen molar-refractivity contribution in [3.05, 3.63) is 12.2 Å². The minimum absolute atomic E-state index is 0.00719. The van der Waals surface area contributed by atoms with Gasteiger partial charge < -0.3 is 15.0 Å². The smallest absolute Gasteiger partial charge is 0.293 e. The molecule has 2 fully saturated rings. The van der Waals surface area contributed by atoms with Crippen molar-refractivity contribution in [1.29, 1.82) is 0 Å². The molecule has 2 aliphatic heterocycles. The lowest BCUT2D eigenvalue weighted by atomic mass is 9.99. The van der Waals surface area contributed by atoms with E-state index in [0.717, 1.165) is 0 Å². The molecule has 8 heteroatoms. The van der Waals surface area contributed by atoms with Crippen LogP contribution >= 0.6 is 0 Å². The molecule has 0 aliphatic carbocycles. The Morgan fingerprint density at radius 3 is 2.82 bits per heavy atom. The quantitative estimate of drug-likeness (QED) is 0.818. The van der Waals surface area contributed by atoms with Crippen molar-refractivity contribution in [3.63, 3.8) is 0 Å². The third-order valence-corrected chi connectivity index (χ3v) is 4.00. The van der Waals surface area contributed by atoms with Gasteiger partial charge in [-0.3, -0.25) is 14.3 Å². The van der Waals surface area contributed by atoms with E-state index in [9.17, 15) is 9.59 Å². The summed E-state index contributed by atoms with van der Waals surface area (Å²) in [6, 6.07) is 0.100. The van der Waals surface area contributed by atoms with E-state index in [1.165, 1.54) is 11.0 Å². The van der Waals surface area contributed by atoms with Crippen molar-refractivity contribution in [1.82, 2.24) is 25.0 Å². The first-order valence-electron chi connectivity index (χ1n) is 7.54. The predicted molar refractivity (Wildman–Crippen MR) is 77.0 cm³/mol. The number of nitrogens with one attached hydrogen (secondary N) is 1. The first-order chi connectivity index (χ1) is 10.4. The number of carbonyl (C=O) groups excluding carboxylic acids is 2. The van der Waals surface area contributed by atoms with Crippen molar-refractivity contribution in [2.75, 3.05) is 13.1 Å². The fourth-order valence-electron chi connectivity index (χ4n) is 3.07. The first-order valence-corrected chi connectivity index (χ1v) is 7.54. The van der Waals surface area contributed by atoms with E-state index in [2.05, 4.69) is 15.4 Å². The van der Waals surface area contributed by atoms with E-state index in [0.29, 0.717) is 19.5 Å². The van der Waals surface area contributed by atoms with E-state index < -0.39 is 0 Å². The molecule has 1 N–H and O–H groups in total. The van der Waals surface area contributed by atoms with Crippen LogP contribution in [0, 0.1) is 5.92 Å². The molecule has 2 amide bonds. The van der Waals surface area contributed by atoms with Crippen LogP contribution in [0.5, 0.6) is 0 Å². The Balaban J connectivity index is 1.68. The summed E-state index contributed by atoms with van der Waals surface area (Å²) in [5, 5.41) is 6.97. The van der Waals surface area contributed by atoms with E-state index in [1.54, 1.807) is 11.9 Å². The lowest BCUT2D eigenvalue weighted by Crippen LogP contribution is -2.48. The van der Waals surface area contributed by atoms with Crippen molar-refractivity contribution in [2.45, 2.75) is 38.5 Å². The number of amides is 2. The van der Waals surface area contributed by atoms with Crippen molar-refractivity contribution >= 4 is 11.8 Å². The summed E-state index contributed by atoms with van der Waals surface area (Å²) < 4.78 is 7.33. The van der Waals surface area contributed by atoms with Crippen molar-refractivity contribution in [2.24, 2.45) is 13.0 Å². The van der Waals surface area contributed by atoms with Crippen molar-refractivity contribution < 1.29 is 14.3 Å². The number of aryl methyl sites for hydroxylation is 1. The lowest BCUT2D eigenvalue weighted by Gasteiger charge is -2.32. The largest absolute Gasteiger partial charge is 0.370 e. The molecule has 1 aromatic rings. The van der Waals surface area contributed by atoms with E-state index >= 15 is 0 Å². The van der Waals surface area contributed by atoms with Gasteiger partial charge in [0.25, 0.3) is 5.91 Å². The molecule has 0 saturated carbocycles. The highest BCUT2D eigenvalue weighted by atomic mass is 16.5. The average Bonchev–Trinajstić information content (AvgIpc) is 3.00. The Bertz CT molecular complexity index is 585. The molecule has 2 aliphatic rings. The van der Waals surface area contributed by atoms with Crippen molar-refractivity contribution in [3.8, 4) is 0 Å². The normalized spacial score (nSPS) is 27.3. The van der Waals surface area contributed by atoms with Gasteiger partial charge in [0.2, 0.25) is 11.7 Å². The molecular formula is C14H21N5O3. The minimum Gasteiger partial charge on any atom is -0.370 e. The highest BCUT2D eigenvalue weighted by Gasteiger charge is 2.46. The van der Waals surface area contributed by atoms with Gasteiger partial charge in [-0.25, -0.2) is 4.98 Å². The van der Waals surface area contributed by atoms with Crippen LogP contribution in [0.4, 0.5) is 0 Å². The van der Waals surface area contributed by atoms with Crippen LogP contribution in [0.25, 0.3) is 0 Å². The molecule has 3 atom stereocenters. The number of rotatable bonds is 3. The number of ether oxygens (including phenoxy) is 1. The van der Waals surface area contributed by atoms with Gasteiger partial charge in [0.15, 0.2) is 0 Å². The summed E-state index contributed by atoms with van der Waals surface area (Å²) in [6.07, 6.45) is 1.82. The van der Waals surface area contributed by atoms with Gasteiger partial charge in [-0.15, -0.1) is 5.10 Å². The van der Waals surface area contributed by atoms with Gasteiger partial charge in [-0.1, -0.05) is 0 Å². The van der Waals surface area contributed by atoms with Crippen LogP contribution in [-0.4, -0.2) is 62.8 Å². The maximum atomic E-state index is 12.4. The zero-order valence-corrected chi connectivity index (χ0v) is 13.0. The fourth-order valence-corrected chi connectivity index (χ4v) is 3.07. The molecule has 0 spiro atoms. The second-order valence-corrected chi connectivity index (χ2v) is 6.25. The van der Waals surface area contributed by atoms with E-state index in [1.807, 2.05) is 13.8 Å². The molecule has 0 aromatic carbocycles. The van der Waals surface area contributed by atoms with Crippen LogP contribution in [0.1, 0.15) is 30.9 Å². The molecule has 3 heterocycles. The van der Waals surface area contributed by atoms with Crippen LogP contribution < -0.4 is 5.32 Å². The molecule has 2 bridgehead atoms. The zero-order chi connectivity index (χ0) is 15.9. The first kappa shape index (κ1) is 15.0. The Morgan fingerprint density at radius 1 is 1.41 bits per heavy atom. The topological polar surface area (TPSA) is 89.4 Å². The molecule has 22 heavy (non-hydrogen) atoms. The molecule has 2 saturated heterocycles. The Hall–Kier alpha value is -1.96. The molecule has 8 nitrogen and oxygen atoms in total. The molecule has 1 aromatic heterocycles. The van der Waals surface area contributed by atoms with E-state index in [4.69, 9.17) is 4.74 Å². The Morgan fingerprint density at radius 2 is 2.18 bits per heavy atom. The Kier molecular flexibility index (Phi) is 3.86. The van der Waals surface area contributed by atoms with Gasteiger partial charge in [-0.05, 0) is 20.3 Å². The Labute approximate surface area is 128 Å². The van der Waals surface area contributed by atoms with Gasteiger partial charge in [0.1, 0.15) is 6.33 Å². The fraction of sp³-hybridized carbons (Fsp3) is 0.714. The summed E-state index contributed by atoms with van der Waals surface area (Å²) >= 11 is 0. The monoisotopic (exact) mass is 307 g/mol. The van der Waals surface area contributed by atoms with E-state index in [-0.39, 0.29) is 41.8 Å². The highest BCUT2D eigenvalue weighted by molar-refractivity contribution is 5.90. The number of aromatic nitrogens is 3. The number of hydrogen-bond donors (Lipinski definition) is 1. The summed E-state index contributed by atoms with van der Waals surface area (Å²) in [6.45, 7) is 4.76. The van der Waals surface area contributed by atoms with Gasteiger partial charge in [0, 0.05) is 26.2 Å². The van der Waals surface area contributed by atoms with Crippen LogP contribution in [0.3, 0.4) is 0 Å². The third-order valence-electron chi connectivity index (χ3n) is 4.00. The molecule has 120 valence electrons. The van der Waals surface area contributed by atoms with Gasteiger partial charge >= 0.3 is 0 Å². The van der Waals surface area contributed by atoms with Crippen LogP contribution in [0.2, 0.25) is 0 Å². The number of likely N-dealkylation sites (tertiary alicyclic amines) is 1. The highest BCUT2D eigenvalue weighted by Crippen LogP contribution is 2.32. The second kappa shape index (κ2) is 5.68. The number of morpholine rings is 1. The summed E-state index contributed by atoms with van der Waals surface area (Å²) in [5.41, 5.74) is 0. The number of fused-ring (bicyclic) bond motifs is 2. The summed E-state index contributed by atoms with van der Waals surface area (Å²) in [7, 11) is 1.72. The SMILES string of the molecule is CC(C)NC(=O)C1CC2CN(C(=O)c3ncn(C)n3)CC1O2. The van der Waals surface area contributed by atoms with Gasteiger partial charge in [0.05, 0.1) is 18.1 Å². The van der Waals surface area contributed by atoms with Crippen LogP contribution in [-0.2, 0) is 16.6 Å². The minimum atomic E-state index is -0.245. The maximum absolute atomic E-state index is 12.4. The number of carbonyl (C=O) groups is 2. The second-order valence-electron chi connectivity index (χ2n) is 6.25. The molecule has 3 unspecified atom stereocenters. The standard InChI is InChI=1S/C14H21N5O3/c1-8(2)16-13(20)10-4-9-5-19(6-11(10)22-9)14(21)12-15-7-18(3)17-12/h7-11H,4-6H2,1-3H3,(H,16,20).